The van der Waals surface area contributed by atoms with Crippen LogP contribution >= 0.6 is 0 Å². The number of tetrazole rings is 1. The second-order valence-corrected chi connectivity index (χ2v) is 4.52. The van der Waals surface area contributed by atoms with Gasteiger partial charge in [0.15, 0.2) is 11.5 Å². The third kappa shape index (κ3) is 2.09. The number of piperidine rings is 1. The quantitative estimate of drug-likeness (QED) is 0.699. The molecule has 1 unspecified atom stereocenters. The minimum atomic E-state index is -0.165. The van der Waals surface area contributed by atoms with Crippen LogP contribution in [-0.2, 0) is 9.53 Å². The number of aromatic nitrogens is 5. The zero-order valence-electron chi connectivity index (χ0n) is 10.6. The summed E-state index contributed by atoms with van der Waals surface area (Å²) in [6.07, 6.45) is 5.09. The summed E-state index contributed by atoms with van der Waals surface area (Å²) in [4.78, 5) is 17.8. The number of carbonyl (C=O) groups is 1. The minimum Gasteiger partial charge on any atom is -0.469 e. The van der Waals surface area contributed by atoms with Crippen molar-refractivity contribution in [1.29, 1.82) is 0 Å². The van der Waals surface area contributed by atoms with Crippen LogP contribution in [0.4, 0.5) is 5.82 Å². The lowest BCUT2D eigenvalue weighted by Crippen LogP contribution is -2.40. The van der Waals surface area contributed by atoms with E-state index in [1.165, 1.54) is 7.11 Å². The van der Waals surface area contributed by atoms with Gasteiger partial charge in [-0.05, 0) is 23.3 Å². The Hall–Kier alpha value is -2.25. The largest absolute Gasteiger partial charge is 0.469 e. The Morgan fingerprint density at radius 3 is 3.21 bits per heavy atom. The first-order valence-electron chi connectivity index (χ1n) is 6.14. The molecule has 0 aliphatic carbocycles. The Balaban J connectivity index is 1.89. The third-order valence-corrected chi connectivity index (χ3v) is 3.37. The van der Waals surface area contributed by atoms with E-state index in [4.69, 9.17) is 4.74 Å². The predicted molar refractivity (Wildman–Crippen MR) is 65.5 cm³/mol. The maximum Gasteiger partial charge on any atom is 0.310 e. The van der Waals surface area contributed by atoms with Crippen molar-refractivity contribution in [1.82, 2.24) is 25.0 Å². The van der Waals surface area contributed by atoms with Gasteiger partial charge in [0.25, 0.3) is 0 Å². The fourth-order valence-corrected chi connectivity index (χ4v) is 2.42. The number of hydrogen-bond donors (Lipinski definition) is 0. The van der Waals surface area contributed by atoms with Gasteiger partial charge in [0.2, 0.25) is 0 Å². The molecule has 0 aromatic carbocycles. The van der Waals surface area contributed by atoms with E-state index >= 15 is 0 Å². The highest BCUT2D eigenvalue weighted by Crippen LogP contribution is 2.23. The summed E-state index contributed by atoms with van der Waals surface area (Å²) in [5.41, 5.74) is 0.595. The molecule has 2 aromatic rings. The van der Waals surface area contributed by atoms with E-state index in [1.807, 2.05) is 0 Å². The molecule has 3 rings (SSSR count). The highest BCUT2D eigenvalue weighted by Gasteiger charge is 2.28. The third-order valence-electron chi connectivity index (χ3n) is 3.37. The van der Waals surface area contributed by atoms with Gasteiger partial charge in [0.1, 0.15) is 0 Å². The van der Waals surface area contributed by atoms with Crippen molar-refractivity contribution >= 4 is 17.4 Å². The number of anilines is 1. The van der Waals surface area contributed by atoms with Gasteiger partial charge in [-0.25, -0.2) is 0 Å². The molecule has 0 bridgehead atoms. The van der Waals surface area contributed by atoms with Crippen LogP contribution < -0.4 is 4.90 Å². The molecular weight excluding hydrogens is 248 g/mol. The first-order chi connectivity index (χ1) is 9.29. The highest BCUT2D eigenvalue weighted by molar-refractivity contribution is 5.73. The average Bonchev–Trinajstić information content (AvgIpc) is 2.94. The van der Waals surface area contributed by atoms with Gasteiger partial charge in [0.05, 0.1) is 25.4 Å². The zero-order valence-corrected chi connectivity index (χ0v) is 10.6. The number of esters is 1. The number of ether oxygens (including phenoxy) is 1. The molecular formula is C11H14N6O2. The van der Waals surface area contributed by atoms with Crippen LogP contribution in [0.5, 0.6) is 0 Å². The van der Waals surface area contributed by atoms with Crippen LogP contribution in [0.3, 0.4) is 0 Å². The number of fused-ring (bicyclic) bond motifs is 1. The molecule has 3 heterocycles. The van der Waals surface area contributed by atoms with Gasteiger partial charge < -0.3 is 9.64 Å². The molecule has 0 saturated carbocycles. The van der Waals surface area contributed by atoms with Crippen LogP contribution in [0.2, 0.25) is 0 Å². The summed E-state index contributed by atoms with van der Waals surface area (Å²) < 4.78 is 6.45. The van der Waals surface area contributed by atoms with Crippen molar-refractivity contribution in [3.05, 3.63) is 12.4 Å². The highest BCUT2D eigenvalue weighted by atomic mass is 16.5. The molecule has 8 heteroatoms. The van der Waals surface area contributed by atoms with Gasteiger partial charge in [0, 0.05) is 13.1 Å². The van der Waals surface area contributed by atoms with E-state index in [0.29, 0.717) is 12.2 Å². The van der Waals surface area contributed by atoms with Gasteiger partial charge in [-0.3, -0.25) is 9.78 Å². The summed E-state index contributed by atoms with van der Waals surface area (Å²) in [6, 6.07) is 0. The molecule has 1 aliphatic rings. The van der Waals surface area contributed by atoms with Crippen LogP contribution in [0, 0.1) is 5.92 Å². The average molecular weight is 262 g/mol. The zero-order chi connectivity index (χ0) is 13.2. The summed E-state index contributed by atoms with van der Waals surface area (Å²) in [5.74, 6) is 0.531. The van der Waals surface area contributed by atoms with E-state index in [1.54, 1.807) is 16.9 Å². The fourth-order valence-electron chi connectivity index (χ4n) is 2.42. The first-order valence-corrected chi connectivity index (χ1v) is 6.14. The standard InChI is InChI=1S/C11H14N6O2/c1-19-11(18)8-3-2-4-16(7-8)10-6-12-5-9-13-14-15-17(9)10/h5-6,8H,2-4,7H2,1H3. The van der Waals surface area contributed by atoms with E-state index in [0.717, 1.165) is 25.2 Å². The number of methoxy groups -OCH3 is 1. The van der Waals surface area contributed by atoms with Gasteiger partial charge >= 0.3 is 5.97 Å². The normalized spacial score (nSPS) is 19.6. The van der Waals surface area contributed by atoms with Crippen LogP contribution in [0.25, 0.3) is 5.65 Å². The Morgan fingerprint density at radius 1 is 1.47 bits per heavy atom. The van der Waals surface area contributed by atoms with Gasteiger partial charge in [-0.1, -0.05) is 0 Å². The van der Waals surface area contributed by atoms with Crippen LogP contribution in [-0.4, -0.2) is 51.2 Å². The number of nitrogens with zero attached hydrogens (tertiary/aromatic N) is 6. The minimum absolute atomic E-state index is 0.106. The van der Waals surface area contributed by atoms with Gasteiger partial charge in [-0.15, -0.1) is 5.10 Å². The summed E-state index contributed by atoms with van der Waals surface area (Å²) in [7, 11) is 1.42. The lowest BCUT2D eigenvalue weighted by molar-refractivity contribution is -0.145. The van der Waals surface area contributed by atoms with Crippen LogP contribution in [0.1, 0.15) is 12.8 Å². The van der Waals surface area contributed by atoms with Crippen molar-refractivity contribution in [2.24, 2.45) is 5.92 Å². The lowest BCUT2D eigenvalue weighted by atomic mass is 9.98. The SMILES string of the molecule is COC(=O)C1CCCN(c2cncc3nnnn23)C1. The first kappa shape index (κ1) is 11.8. The summed E-state index contributed by atoms with van der Waals surface area (Å²) in [6.45, 7) is 1.46. The van der Waals surface area contributed by atoms with Crippen molar-refractivity contribution in [2.75, 3.05) is 25.1 Å². The molecule has 1 atom stereocenters. The summed E-state index contributed by atoms with van der Waals surface area (Å²) in [5, 5.41) is 11.4. The van der Waals surface area contributed by atoms with E-state index in [9.17, 15) is 4.79 Å². The van der Waals surface area contributed by atoms with E-state index in [-0.39, 0.29) is 11.9 Å². The monoisotopic (exact) mass is 262 g/mol. The topological polar surface area (TPSA) is 85.5 Å². The number of hydrogen-bond acceptors (Lipinski definition) is 7. The molecule has 0 spiro atoms. The van der Waals surface area contributed by atoms with E-state index < -0.39 is 0 Å². The number of rotatable bonds is 2. The lowest BCUT2D eigenvalue weighted by Gasteiger charge is -2.32. The maximum absolute atomic E-state index is 11.6. The molecule has 1 fully saturated rings. The predicted octanol–water partition coefficient (Wildman–Crippen LogP) is -0.0913. The molecule has 1 saturated heterocycles. The Bertz CT molecular complexity index is 598. The van der Waals surface area contributed by atoms with Crippen molar-refractivity contribution in [3.63, 3.8) is 0 Å². The Kier molecular flexibility index (Phi) is 2.98. The Morgan fingerprint density at radius 2 is 2.37 bits per heavy atom. The molecule has 0 radical (unpaired) electrons. The smallest absolute Gasteiger partial charge is 0.310 e. The second-order valence-electron chi connectivity index (χ2n) is 4.52. The Labute approximate surface area is 109 Å². The van der Waals surface area contributed by atoms with Gasteiger partial charge in [-0.2, -0.15) is 4.52 Å². The second kappa shape index (κ2) is 4.79. The van der Waals surface area contributed by atoms with Crippen molar-refractivity contribution in [2.45, 2.75) is 12.8 Å². The molecule has 100 valence electrons. The van der Waals surface area contributed by atoms with Crippen molar-refractivity contribution < 1.29 is 9.53 Å². The maximum atomic E-state index is 11.6. The molecule has 2 aromatic heterocycles. The van der Waals surface area contributed by atoms with Crippen LogP contribution in [0.15, 0.2) is 12.4 Å². The number of carbonyl (C=O) groups excluding carboxylic acids is 1. The molecule has 8 nitrogen and oxygen atoms in total. The molecule has 0 N–H and O–H groups in total. The summed E-state index contributed by atoms with van der Waals surface area (Å²) >= 11 is 0. The van der Waals surface area contributed by atoms with E-state index in [2.05, 4.69) is 25.4 Å². The molecule has 1 aliphatic heterocycles. The van der Waals surface area contributed by atoms with Crippen molar-refractivity contribution in [3.8, 4) is 0 Å². The molecule has 19 heavy (non-hydrogen) atoms. The fraction of sp³-hybridized carbons (Fsp3) is 0.545. The molecule has 0 amide bonds.